The van der Waals surface area contributed by atoms with Crippen molar-refractivity contribution in [1.29, 1.82) is 0 Å². The van der Waals surface area contributed by atoms with Crippen LogP contribution in [0.1, 0.15) is 48.0 Å². The second-order valence-corrected chi connectivity index (χ2v) is 8.41. The summed E-state index contributed by atoms with van der Waals surface area (Å²) in [5.74, 6) is 1.28. The first-order valence-electron chi connectivity index (χ1n) is 9.48. The van der Waals surface area contributed by atoms with Crippen LogP contribution in [0.25, 0.3) is 0 Å². The lowest BCUT2D eigenvalue weighted by molar-refractivity contribution is 0.294. The van der Waals surface area contributed by atoms with Gasteiger partial charge >= 0.3 is 0 Å². The molecule has 0 radical (unpaired) electrons. The maximum Gasteiger partial charge on any atom is 0.112 e. The summed E-state index contributed by atoms with van der Waals surface area (Å²) in [5.41, 5.74) is 4.90. The number of nitrogens with zero attached hydrogens (tertiary/aromatic N) is 2. The zero-order chi connectivity index (χ0) is 19.4. The minimum absolute atomic E-state index is 0.108. The Kier molecular flexibility index (Phi) is 6.40. The Balaban J connectivity index is 2.08. The van der Waals surface area contributed by atoms with Crippen molar-refractivity contribution < 1.29 is 5.11 Å². The highest BCUT2D eigenvalue weighted by Crippen LogP contribution is 2.36. The third-order valence-electron chi connectivity index (χ3n) is 4.50. The summed E-state index contributed by atoms with van der Waals surface area (Å²) in [6.07, 6.45) is 0.569. The lowest BCUT2D eigenvalue weighted by Crippen LogP contribution is -2.08. The van der Waals surface area contributed by atoms with E-state index in [-0.39, 0.29) is 6.61 Å². The van der Waals surface area contributed by atoms with E-state index >= 15 is 0 Å². The first-order valence-corrected chi connectivity index (χ1v) is 10.3. The second-order valence-electron chi connectivity index (χ2n) is 7.34. The van der Waals surface area contributed by atoms with Crippen LogP contribution in [0.5, 0.6) is 0 Å². The van der Waals surface area contributed by atoms with Crippen LogP contribution >= 0.6 is 11.8 Å². The number of aryl methyl sites for hydroxylation is 2. The van der Waals surface area contributed by atoms with Gasteiger partial charge < -0.3 is 9.67 Å². The normalized spacial score (nSPS) is 11.3. The molecule has 0 aliphatic carbocycles. The summed E-state index contributed by atoms with van der Waals surface area (Å²) in [4.78, 5) is 6.15. The minimum Gasteiger partial charge on any atom is -0.396 e. The molecular weight excluding hydrogens is 352 g/mol. The summed E-state index contributed by atoms with van der Waals surface area (Å²) >= 11 is 1.78. The minimum atomic E-state index is 0.108. The Morgan fingerprint density at radius 2 is 1.70 bits per heavy atom. The molecule has 0 aliphatic heterocycles. The van der Waals surface area contributed by atoms with Crippen molar-refractivity contribution >= 4 is 11.8 Å². The van der Waals surface area contributed by atoms with Crippen LogP contribution in [0, 0.1) is 13.8 Å². The average Bonchev–Trinajstić information content (AvgIpc) is 2.93. The van der Waals surface area contributed by atoms with Crippen molar-refractivity contribution in [2.45, 2.75) is 56.5 Å². The molecule has 0 atom stereocenters. The van der Waals surface area contributed by atoms with E-state index in [2.05, 4.69) is 74.7 Å². The molecule has 3 rings (SSSR count). The Morgan fingerprint density at radius 3 is 2.30 bits per heavy atom. The van der Waals surface area contributed by atoms with Gasteiger partial charge in [0.05, 0.1) is 12.3 Å². The first-order chi connectivity index (χ1) is 13.0. The van der Waals surface area contributed by atoms with E-state index < -0.39 is 0 Å². The topological polar surface area (TPSA) is 38.1 Å². The van der Waals surface area contributed by atoms with E-state index in [0.717, 1.165) is 18.1 Å². The van der Waals surface area contributed by atoms with Gasteiger partial charge in [0.1, 0.15) is 10.9 Å². The molecule has 4 heteroatoms. The van der Waals surface area contributed by atoms with Crippen LogP contribution in [0.15, 0.2) is 58.5 Å². The third kappa shape index (κ3) is 4.82. The predicted molar refractivity (Wildman–Crippen MR) is 113 cm³/mol. The zero-order valence-electron chi connectivity index (χ0n) is 16.6. The highest BCUT2D eigenvalue weighted by atomic mass is 32.2. The van der Waals surface area contributed by atoms with Crippen LogP contribution in [-0.4, -0.2) is 21.3 Å². The summed E-state index contributed by atoms with van der Waals surface area (Å²) in [5, 5.41) is 10.7. The molecule has 27 heavy (non-hydrogen) atoms. The molecule has 3 nitrogen and oxygen atoms in total. The molecule has 0 amide bonds. The highest BCUT2D eigenvalue weighted by molar-refractivity contribution is 7.99. The molecule has 142 valence electrons. The molecule has 0 aliphatic rings. The Bertz CT molecular complexity index is 880. The molecule has 0 unspecified atom stereocenters. The summed E-state index contributed by atoms with van der Waals surface area (Å²) in [6, 6.07) is 17.1. The van der Waals surface area contributed by atoms with E-state index in [9.17, 15) is 5.11 Å². The van der Waals surface area contributed by atoms with Crippen LogP contribution in [0.4, 0.5) is 0 Å². The highest BCUT2D eigenvalue weighted by Gasteiger charge is 2.20. The summed E-state index contributed by atoms with van der Waals surface area (Å²) < 4.78 is 2.28. The number of hydrogen-bond acceptors (Lipinski definition) is 3. The van der Waals surface area contributed by atoms with Crippen molar-refractivity contribution in [1.82, 2.24) is 9.55 Å². The largest absolute Gasteiger partial charge is 0.396 e. The van der Waals surface area contributed by atoms with Gasteiger partial charge in [-0.05, 0) is 48.6 Å². The number of aliphatic hydroxyl groups is 1. The fourth-order valence-corrected chi connectivity index (χ4v) is 4.69. The van der Waals surface area contributed by atoms with Gasteiger partial charge in [-0.2, -0.15) is 0 Å². The van der Waals surface area contributed by atoms with Crippen LogP contribution in [-0.2, 0) is 13.0 Å². The molecule has 1 aromatic heterocycles. The molecule has 0 saturated heterocycles. The fourth-order valence-electron chi connectivity index (χ4n) is 3.31. The average molecular weight is 381 g/mol. The van der Waals surface area contributed by atoms with Crippen LogP contribution in [0.3, 0.4) is 0 Å². The van der Waals surface area contributed by atoms with Crippen molar-refractivity contribution in [2.75, 3.05) is 6.61 Å². The van der Waals surface area contributed by atoms with E-state index in [1.165, 1.54) is 26.6 Å². The number of imidazole rings is 1. The van der Waals surface area contributed by atoms with Gasteiger partial charge in [0.15, 0.2) is 0 Å². The maximum absolute atomic E-state index is 9.55. The monoisotopic (exact) mass is 380 g/mol. The zero-order valence-corrected chi connectivity index (χ0v) is 17.4. The molecule has 0 spiro atoms. The van der Waals surface area contributed by atoms with Gasteiger partial charge in [0.2, 0.25) is 0 Å². The van der Waals surface area contributed by atoms with Crippen LogP contribution < -0.4 is 0 Å². The first kappa shape index (κ1) is 19.7. The van der Waals surface area contributed by atoms with Crippen molar-refractivity contribution in [2.24, 2.45) is 0 Å². The molecule has 2 aromatic carbocycles. The third-order valence-corrected chi connectivity index (χ3v) is 5.60. The number of hydrogen-bond donors (Lipinski definition) is 1. The number of aliphatic hydroxyl groups excluding tert-OH is 1. The fraction of sp³-hybridized carbons (Fsp3) is 0.348. The van der Waals surface area contributed by atoms with Gasteiger partial charge in [0, 0.05) is 17.9 Å². The Morgan fingerprint density at radius 1 is 1.04 bits per heavy atom. The molecule has 3 aromatic rings. The molecule has 0 bridgehead atoms. The molecule has 1 N–H and O–H groups in total. The van der Waals surface area contributed by atoms with Gasteiger partial charge in [0.25, 0.3) is 0 Å². The van der Waals surface area contributed by atoms with Gasteiger partial charge in [-0.3, -0.25) is 0 Å². The van der Waals surface area contributed by atoms with Crippen molar-refractivity contribution in [3.63, 3.8) is 0 Å². The van der Waals surface area contributed by atoms with Gasteiger partial charge in [-0.15, -0.1) is 0 Å². The lowest BCUT2D eigenvalue weighted by atomic mass is 10.1. The number of aromatic nitrogens is 2. The Labute approximate surface area is 166 Å². The quantitative estimate of drug-likeness (QED) is 0.600. The summed E-state index contributed by atoms with van der Waals surface area (Å²) in [6.45, 7) is 9.52. The van der Waals surface area contributed by atoms with E-state index in [1.54, 1.807) is 11.8 Å². The van der Waals surface area contributed by atoms with E-state index in [0.29, 0.717) is 12.3 Å². The standard InChI is InChI=1S/C23H28N2OS/c1-16(2)22-23(27-20-13-17(3)12-18(4)14-20)25(21(24-22)10-11-26)15-19-8-6-5-7-9-19/h5-9,12-14,16,26H,10-11,15H2,1-4H3. The molecule has 0 saturated carbocycles. The summed E-state index contributed by atoms with van der Waals surface area (Å²) in [7, 11) is 0. The molecule has 0 fully saturated rings. The van der Waals surface area contributed by atoms with Gasteiger partial charge in [-0.25, -0.2) is 4.98 Å². The lowest BCUT2D eigenvalue weighted by Gasteiger charge is -2.14. The Hall–Kier alpha value is -2.04. The number of rotatable bonds is 7. The van der Waals surface area contributed by atoms with Crippen molar-refractivity contribution in [3.8, 4) is 0 Å². The van der Waals surface area contributed by atoms with Gasteiger partial charge in [-0.1, -0.05) is 62.0 Å². The predicted octanol–water partition coefficient (Wildman–Crippen LogP) is 5.36. The van der Waals surface area contributed by atoms with Crippen molar-refractivity contribution in [3.05, 3.63) is 76.7 Å². The van der Waals surface area contributed by atoms with E-state index in [4.69, 9.17) is 4.98 Å². The SMILES string of the molecule is Cc1cc(C)cc(Sc2c(C(C)C)nc(CCO)n2Cc2ccccc2)c1. The van der Waals surface area contributed by atoms with E-state index in [1.807, 2.05) is 6.07 Å². The number of benzene rings is 2. The molecule has 1 heterocycles. The second kappa shape index (κ2) is 8.77. The maximum atomic E-state index is 9.55. The smallest absolute Gasteiger partial charge is 0.112 e. The molecular formula is C23H28N2OS. The van der Waals surface area contributed by atoms with Crippen LogP contribution in [0.2, 0.25) is 0 Å².